The summed E-state index contributed by atoms with van der Waals surface area (Å²) in [7, 11) is 0. The minimum Gasteiger partial charge on any atom is -0.368 e. The highest BCUT2D eigenvalue weighted by Gasteiger charge is 2.36. The summed E-state index contributed by atoms with van der Waals surface area (Å²) in [5, 5.41) is 7.77. The van der Waals surface area contributed by atoms with Gasteiger partial charge in [-0.3, -0.25) is 9.80 Å². The molecule has 2 atom stereocenters. The molecule has 0 aliphatic carbocycles. The van der Waals surface area contributed by atoms with Gasteiger partial charge in [-0.2, -0.15) is 4.98 Å². The Labute approximate surface area is 178 Å². The number of piperazine rings is 1. The molecule has 2 aliphatic heterocycles. The van der Waals surface area contributed by atoms with Crippen molar-refractivity contribution in [1.82, 2.24) is 25.0 Å². The number of halogens is 1. The Balaban J connectivity index is 1.45. The van der Waals surface area contributed by atoms with Crippen LogP contribution in [-0.4, -0.2) is 75.8 Å². The number of aromatic nitrogens is 3. The van der Waals surface area contributed by atoms with Crippen molar-refractivity contribution in [3.63, 3.8) is 0 Å². The Morgan fingerprint density at radius 1 is 1.17 bits per heavy atom. The maximum absolute atomic E-state index is 6.09. The first-order valence-corrected chi connectivity index (χ1v) is 11.1. The van der Waals surface area contributed by atoms with E-state index >= 15 is 0 Å². The fraction of sp³-hybridized carbons (Fsp3) is 0.619. The third-order valence-electron chi connectivity index (χ3n) is 6.51. The van der Waals surface area contributed by atoms with Crippen LogP contribution in [-0.2, 0) is 6.42 Å². The molecule has 1 aromatic carbocycles. The molecule has 2 saturated heterocycles. The molecule has 0 amide bonds. The van der Waals surface area contributed by atoms with E-state index in [1.165, 1.54) is 5.56 Å². The Hall–Kier alpha value is -1.83. The largest absolute Gasteiger partial charge is 0.368 e. The molecule has 0 bridgehead atoms. The lowest BCUT2D eigenvalue weighted by atomic mass is 9.94. The lowest BCUT2D eigenvalue weighted by molar-refractivity contribution is 0.00335. The number of hydrogen-bond acceptors (Lipinski definition) is 6. The van der Waals surface area contributed by atoms with Crippen molar-refractivity contribution < 1.29 is 0 Å². The molecule has 2 aliphatic rings. The quantitative estimate of drug-likeness (QED) is 0.778. The van der Waals surface area contributed by atoms with Crippen LogP contribution in [0.2, 0.25) is 5.02 Å². The molecule has 3 N–H and O–H groups in total. The summed E-state index contributed by atoms with van der Waals surface area (Å²) in [4.78, 5) is 11.9. The van der Waals surface area contributed by atoms with Crippen LogP contribution >= 0.6 is 11.6 Å². The van der Waals surface area contributed by atoms with Crippen LogP contribution in [0.4, 0.5) is 11.9 Å². The van der Waals surface area contributed by atoms with E-state index < -0.39 is 0 Å². The van der Waals surface area contributed by atoms with Crippen molar-refractivity contribution in [2.75, 3.05) is 43.4 Å². The average molecular weight is 418 g/mol. The first-order valence-electron chi connectivity index (χ1n) is 10.7. The van der Waals surface area contributed by atoms with Crippen molar-refractivity contribution in [3.05, 3.63) is 34.9 Å². The fourth-order valence-electron chi connectivity index (χ4n) is 4.89. The summed E-state index contributed by atoms with van der Waals surface area (Å²) in [6.45, 7) is 9.93. The molecular weight excluding hydrogens is 386 g/mol. The van der Waals surface area contributed by atoms with Gasteiger partial charge in [-0.05, 0) is 50.4 Å². The van der Waals surface area contributed by atoms with E-state index in [9.17, 15) is 0 Å². The molecule has 8 heteroatoms. The van der Waals surface area contributed by atoms with E-state index in [1.807, 2.05) is 12.1 Å². The van der Waals surface area contributed by atoms with Gasteiger partial charge in [-0.1, -0.05) is 30.7 Å². The number of nitrogens with one attached hydrogen (secondary N) is 1. The molecule has 7 nitrogen and oxygen atoms in total. The van der Waals surface area contributed by atoms with Gasteiger partial charge < -0.3 is 10.6 Å². The molecule has 29 heavy (non-hydrogen) atoms. The Morgan fingerprint density at radius 2 is 1.90 bits per heavy atom. The van der Waals surface area contributed by atoms with E-state index in [-0.39, 0.29) is 0 Å². The fourth-order valence-corrected chi connectivity index (χ4v) is 5.02. The van der Waals surface area contributed by atoms with Crippen molar-refractivity contribution in [3.8, 4) is 0 Å². The highest BCUT2D eigenvalue weighted by atomic mass is 35.5. The van der Waals surface area contributed by atoms with Crippen LogP contribution in [0.5, 0.6) is 0 Å². The minimum atomic E-state index is 0.384. The number of H-pyrrole nitrogens is 1. The van der Waals surface area contributed by atoms with Crippen molar-refractivity contribution >= 4 is 23.5 Å². The summed E-state index contributed by atoms with van der Waals surface area (Å²) < 4.78 is 0. The zero-order valence-corrected chi connectivity index (χ0v) is 18.1. The third-order valence-corrected chi connectivity index (χ3v) is 6.76. The standard InChI is InChI=1S/C21H32ClN7/c1-3-27-14-19(12-16-4-6-17(22)7-5-16)29(13-15(27)2)18-8-10-28(11-9-18)21-24-20(23)25-26-21/h4-7,15,18-19H,3,8-14H2,1-2H3,(H3,23,24,25,26)/t15-,19-/m0/s1. The van der Waals surface area contributed by atoms with Gasteiger partial charge in [0.15, 0.2) is 0 Å². The molecule has 0 unspecified atom stereocenters. The van der Waals surface area contributed by atoms with Gasteiger partial charge in [0.25, 0.3) is 0 Å². The van der Waals surface area contributed by atoms with Gasteiger partial charge >= 0.3 is 0 Å². The smallest absolute Gasteiger partial charge is 0.246 e. The van der Waals surface area contributed by atoms with Crippen molar-refractivity contribution in [2.45, 2.75) is 51.2 Å². The number of piperidine rings is 1. The maximum atomic E-state index is 6.09. The molecule has 0 saturated carbocycles. The van der Waals surface area contributed by atoms with Crippen LogP contribution in [0.1, 0.15) is 32.3 Å². The number of aromatic amines is 1. The van der Waals surface area contributed by atoms with E-state index in [0.717, 1.165) is 63.0 Å². The predicted molar refractivity (Wildman–Crippen MR) is 118 cm³/mol. The number of benzene rings is 1. The van der Waals surface area contributed by atoms with Crippen LogP contribution in [0.15, 0.2) is 24.3 Å². The number of likely N-dealkylation sites (N-methyl/N-ethyl adjacent to an activating group) is 1. The Bertz CT molecular complexity index is 785. The molecule has 158 valence electrons. The highest BCUT2D eigenvalue weighted by Crippen LogP contribution is 2.27. The van der Waals surface area contributed by atoms with Gasteiger partial charge in [0, 0.05) is 49.3 Å². The van der Waals surface area contributed by atoms with E-state index in [1.54, 1.807) is 0 Å². The molecular formula is C21H32ClN7. The number of anilines is 2. The number of rotatable bonds is 5. The van der Waals surface area contributed by atoms with Crippen molar-refractivity contribution in [2.24, 2.45) is 0 Å². The molecule has 4 rings (SSSR count). The van der Waals surface area contributed by atoms with Gasteiger partial charge in [0.2, 0.25) is 11.9 Å². The topological polar surface area (TPSA) is 77.3 Å². The zero-order valence-electron chi connectivity index (χ0n) is 17.4. The zero-order chi connectivity index (χ0) is 20.4. The number of nitrogen functional groups attached to an aromatic ring is 1. The molecule has 0 radical (unpaired) electrons. The SMILES string of the molecule is CCN1C[C@H](Cc2ccc(Cl)cc2)N(C2CCN(c3n[nH]c(N)n3)CC2)C[C@@H]1C. The summed E-state index contributed by atoms with van der Waals surface area (Å²) in [6, 6.07) is 10.1. The Morgan fingerprint density at radius 3 is 2.52 bits per heavy atom. The number of nitrogens with zero attached hydrogens (tertiary/aromatic N) is 5. The second kappa shape index (κ2) is 8.90. The molecule has 2 fully saturated rings. The first-order chi connectivity index (χ1) is 14.0. The highest BCUT2D eigenvalue weighted by molar-refractivity contribution is 6.30. The number of hydrogen-bond donors (Lipinski definition) is 2. The van der Waals surface area contributed by atoms with Gasteiger partial charge in [0.1, 0.15) is 0 Å². The maximum Gasteiger partial charge on any atom is 0.246 e. The summed E-state index contributed by atoms with van der Waals surface area (Å²) in [5.41, 5.74) is 7.06. The monoisotopic (exact) mass is 417 g/mol. The van der Waals surface area contributed by atoms with Gasteiger partial charge in [0.05, 0.1) is 0 Å². The second-order valence-corrected chi connectivity index (χ2v) is 8.79. The lowest BCUT2D eigenvalue weighted by Gasteiger charge is -2.50. The third kappa shape index (κ3) is 4.68. The first kappa shape index (κ1) is 20.4. The molecule has 0 spiro atoms. The average Bonchev–Trinajstić information content (AvgIpc) is 3.17. The lowest BCUT2D eigenvalue weighted by Crippen LogP contribution is -2.62. The van der Waals surface area contributed by atoms with Crippen molar-refractivity contribution in [1.29, 1.82) is 0 Å². The van der Waals surface area contributed by atoms with Crippen LogP contribution in [0.3, 0.4) is 0 Å². The molecule has 2 aromatic rings. The van der Waals surface area contributed by atoms with Gasteiger partial charge in [-0.25, -0.2) is 5.10 Å². The molecule has 3 heterocycles. The minimum absolute atomic E-state index is 0.384. The van der Waals surface area contributed by atoms with E-state index in [2.05, 4.69) is 55.9 Å². The van der Waals surface area contributed by atoms with Gasteiger partial charge in [-0.15, -0.1) is 5.10 Å². The second-order valence-electron chi connectivity index (χ2n) is 8.36. The van der Waals surface area contributed by atoms with E-state index in [0.29, 0.717) is 24.1 Å². The normalized spacial score (nSPS) is 24.9. The Kier molecular flexibility index (Phi) is 6.27. The van der Waals surface area contributed by atoms with Crippen LogP contribution < -0.4 is 10.6 Å². The number of nitrogens with two attached hydrogens (primary N) is 1. The summed E-state index contributed by atoms with van der Waals surface area (Å²) in [6.07, 6.45) is 3.33. The predicted octanol–water partition coefficient (Wildman–Crippen LogP) is 2.65. The molecule has 1 aromatic heterocycles. The van der Waals surface area contributed by atoms with Crippen LogP contribution in [0.25, 0.3) is 0 Å². The van der Waals surface area contributed by atoms with E-state index in [4.69, 9.17) is 17.3 Å². The summed E-state index contributed by atoms with van der Waals surface area (Å²) in [5.74, 6) is 1.11. The van der Waals surface area contributed by atoms with Crippen LogP contribution in [0, 0.1) is 0 Å². The summed E-state index contributed by atoms with van der Waals surface area (Å²) >= 11 is 6.09.